The highest BCUT2D eigenvalue weighted by Gasteiger charge is 2.33. The monoisotopic (exact) mass is 291 g/mol. The molecule has 112 valence electrons. The molecule has 2 aromatic heterocycles. The summed E-state index contributed by atoms with van der Waals surface area (Å²) in [5.74, 6) is 0.883. The standard InChI is InChI=1S/C13H17N5O3/c1-7-5-18(13(19)10-4-14-16-8(10)2)6-11(20-7)12-15-9(3)17-21-12/h4,7,11H,5-6H2,1-3H3,(H,14,16)/t7-,11-/m1/s1. The van der Waals surface area contributed by atoms with Gasteiger partial charge in [0, 0.05) is 12.2 Å². The second-order valence-electron chi connectivity index (χ2n) is 5.23. The van der Waals surface area contributed by atoms with Crippen LogP contribution in [0.1, 0.15) is 40.8 Å². The maximum Gasteiger partial charge on any atom is 0.257 e. The number of nitrogens with one attached hydrogen (secondary N) is 1. The third-order valence-electron chi connectivity index (χ3n) is 3.43. The molecule has 0 saturated carbocycles. The molecule has 8 heteroatoms. The van der Waals surface area contributed by atoms with Gasteiger partial charge < -0.3 is 14.2 Å². The topological polar surface area (TPSA) is 97.1 Å². The summed E-state index contributed by atoms with van der Waals surface area (Å²) in [5.41, 5.74) is 1.33. The van der Waals surface area contributed by atoms with Crippen molar-refractivity contribution in [2.75, 3.05) is 13.1 Å². The highest BCUT2D eigenvalue weighted by Crippen LogP contribution is 2.25. The van der Waals surface area contributed by atoms with Gasteiger partial charge in [-0.15, -0.1) is 0 Å². The Hall–Kier alpha value is -2.22. The van der Waals surface area contributed by atoms with E-state index in [1.165, 1.54) is 0 Å². The van der Waals surface area contributed by atoms with E-state index < -0.39 is 6.10 Å². The van der Waals surface area contributed by atoms with Gasteiger partial charge in [-0.05, 0) is 20.8 Å². The van der Waals surface area contributed by atoms with Crippen LogP contribution in [0.3, 0.4) is 0 Å². The van der Waals surface area contributed by atoms with Gasteiger partial charge in [0.1, 0.15) is 0 Å². The quantitative estimate of drug-likeness (QED) is 0.887. The van der Waals surface area contributed by atoms with E-state index in [1.807, 2.05) is 13.8 Å². The van der Waals surface area contributed by atoms with Crippen LogP contribution in [0.4, 0.5) is 0 Å². The summed E-state index contributed by atoms with van der Waals surface area (Å²) in [6, 6.07) is 0. The number of hydrogen-bond donors (Lipinski definition) is 1. The first-order chi connectivity index (χ1) is 10.0. The molecule has 0 spiro atoms. The fourth-order valence-electron chi connectivity index (χ4n) is 2.43. The third kappa shape index (κ3) is 2.66. The van der Waals surface area contributed by atoms with Crippen LogP contribution in [0.25, 0.3) is 0 Å². The highest BCUT2D eigenvalue weighted by molar-refractivity contribution is 5.95. The predicted octanol–water partition coefficient (Wildman–Crippen LogP) is 1.01. The van der Waals surface area contributed by atoms with Crippen LogP contribution in [0.15, 0.2) is 10.7 Å². The molecular weight excluding hydrogens is 274 g/mol. The highest BCUT2D eigenvalue weighted by atomic mass is 16.5. The second kappa shape index (κ2) is 5.28. The molecule has 2 atom stereocenters. The number of H-pyrrole nitrogens is 1. The Bertz CT molecular complexity index is 650. The van der Waals surface area contributed by atoms with Crippen molar-refractivity contribution in [3.05, 3.63) is 29.2 Å². The Balaban J connectivity index is 1.80. The van der Waals surface area contributed by atoms with Crippen LogP contribution in [0.5, 0.6) is 0 Å². The molecule has 3 heterocycles. The summed E-state index contributed by atoms with van der Waals surface area (Å²) in [7, 11) is 0. The minimum atomic E-state index is -0.397. The molecule has 1 amide bonds. The molecular formula is C13H17N5O3. The van der Waals surface area contributed by atoms with Gasteiger partial charge in [-0.25, -0.2) is 0 Å². The summed E-state index contributed by atoms with van der Waals surface area (Å²) in [4.78, 5) is 18.5. The SMILES string of the molecule is Cc1noc([C@H]2CN(C(=O)c3cn[nH]c3C)C[C@@H](C)O2)n1. The molecule has 0 aromatic carbocycles. The molecule has 0 unspecified atom stereocenters. The van der Waals surface area contributed by atoms with Crippen molar-refractivity contribution in [1.82, 2.24) is 25.2 Å². The van der Waals surface area contributed by atoms with Gasteiger partial charge >= 0.3 is 0 Å². The van der Waals surface area contributed by atoms with Gasteiger partial charge in [-0.2, -0.15) is 10.1 Å². The number of carbonyl (C=O) groups excluding carboxylic acids is 1. The van der Waals surface area contributed by atoms with Crippen molar-refractivity contribution in [2.45, 2.75) is 33.0 Å². The number of aromatic amines is 1. The van der Waals surface area contributed by atoms with Gasteiger partial charge in [0.25, 0.3) is 11.8 Å². The Morgan fingerprint density at radius 1 is 1.43 bits per heavy atom. The van der Waals surface area contributed by atoms with E-state index in [9.17, 15) is 4.79 Å². The number of amides is 1. The lowest BCUT2D eigenvalue weighted by atomic mass is 10.1. The van der Waals surface area contributed by atoms with E-state index in [1.54, 1.807) is 18.0 Å². The maximum absolute atomic E-state index is 12.6. The van der Waals surface area contributed by atoms with Crippen LogP contribution in [-0.2, 0) is 4.74 Å². The van der Waals surface area contributed by atoms with Crippen molar-refractivity contribution in [3.8, 4) is 0 Å². The maximum atomic E-state index is 12.6. The summed E-state index contributed by atoms with van der Waals surface area (Å²) in [6.07, 6.45) is 1.04. The lowest BCUT2D eigenvalue weighted by Gasteiger charge is -2.35. The Morgan fingerprint density at radius 2 is 2.24 bits per heavy atom. The van der Waals surface area contributed by atoms with Crippen LogP contribution in [0.2, 0.25) is 0 Å². The van der Waals surface area contributed by atoms with E-state index in [4.69, 9.17) is 9.26 Å². The molecule has 2 aromatic rings. The zero-order valence-electron chi connectivity index (χ0n) is 12.2. The number of nitrogens with zero attached hydrogens (tertiary/aromatic N) is 4. The average molecular weight is 291 g/mol. The number of ether oxygens (including phenoxy) is 1. The molecule has 3 rings (SSSR count). The second-order valence-corrected chi connectivity index (χ2v) is 5.23. The van der Waals surface area contributed by atoms with Crippen molar-refractivity contribution >= 4 is 5.91 Å². The first-order valence-corrected chi connectivity index (χ1v) is 6.79. The average Bonchev–Trinajstić information content (AvgIpc) is 3.06. The summed E-state index contributed by atoms with van der Waals surface area (Å²) < 4.78 is 11.0. The summed E-state index contributed by atoms with van der Waals surface area (Å²) in [6.45, 7) is 6.39. The smallest absolute Gasteiger partial charge is 0.257 e. The molecule has 1 aliphatic heterocycles. The molecule has 21 heavy (non-hydrogen) atoms. The van der Waals surface area contributed by atoms with Crippen LogP contribution in [-0.4, -0.2) is 50.3 Å². The zero-order valence-corrected chi connectivity index (χ0v) is 12.2. The lowest BCUT2D eigenvalue weighted by Crippen LogP contribution is -2.46. The molecule has 1 fully saturated rings. The normalized spacial score (nSPS) is 22.5. The van der Waals surface area contributed by atoms with Gasteiger partial charge in [-0.1, -0.05) is 5.16 Å². The van der Waals surface area contributed by atoms with Crippen molar-refractivity contribution < 1.29 is 14.1 Å². The van der Waals surface area contributed by atoms with Gasteiger partial charge in [0.15, 0.2) is 11.9 Å². The fraction of sp³-hybridized carbons (Fsp3) is 0.538. The largest absolute Gasteiger partial charge is 0.362 e. The van der Waals surface area contributed by atoms with E-state index in [-0.39, 0.29) is 12.0 Å². The lowest BCUT2D eigenvalue weighted by molar-refractivity contribution is -0.0810. The van der Waals surface area contributed by atoms with Crippen molar-refractivity contribution in [3.63, 3.8) is 0 Å². The summed E-state index contributed by atoms with van der Waals surface area (Å²) >= 11 is 0. The molecule has 1 aliphatic rings. The predicted molar refractivity (Wildman–Crippen MR) is 71.6 cm³/mol. The van der Waals surface area contributed by atoms with Gasteiger partial charge in [-0.3, -0.25) is 9.89 Å². The number of morpholine rings is 1. The summed E-state index contributed by atoms with van der Waals surface area (Å²) in [5, 5.41) is 10.4. The van der Waals surface area contributed by atoms with Crippen LogP contribution in [0, 0.1) is 13.8 Å². The van der Waals surface area contributed by atoms with E-state index in [2.05, 4.69) is 20.3 Å². The minimum Gasteiger partial charge on any atom is -0.362 e. The number of aromatic nitrogens is 4. The number of carbonyl (C=O) groups is 1. The zero-order chi connectivity index (χ0) is 15.0. The van der Waals surface area contributed by atoms with Gasteiger partial charge in [0.2, 0.25) is 0 Å². The Morgan fingerprint density at radius 3 is 2.86 bits per heavy atom. The van der Waals surface area contributed by atoms with Crippen molar-refractivity contribution in [2.24, 2.45) is 0 Å². The molecule has 0 aliphatic carbocycles. The minimum absolute atomic E-state index is 0.0716. The molecule has 0 bridgehead atoms. The van der Waals surface area contributed by atoms with Crippen LogP contribution >= 0.6 is 0 Å². The number of hydrogen-bond acceptors (Lipinski definition) is 6. The first-order valence-electron chi connectivity index (χ1n) is 6.79. The molecule has 8 nitrogen and oxygen atoms in total. The Labute approximate surface area is 121 Å². The molecule has 1 N–H and O–H groups in total. The van der Waals surface area contributed by atoms with Crippen LogP contribution < -0.4 is 0 Å². The van der Waals surface area contributed by atoms with Crippen molar-refractivity contribution in [1.29, 1.82) is 0 Å². The fourth-order valence-corrected chi connectivity index (χ4v) is 2.43. The molecule has 1 saturated heterocycles. The third-order valence-corrected chi connectivity index (χ3v) is 3.43. The Kier molecular flexibility index (Phi) is 3.46. The van der Waals surface area contributed by atoms with E-state index in [0.29, 0.717) is 30.4 Å². The van der Waals surface area contributed by atoms with E-state index >= 15 is 0 Å². The number of aryl methyl sites for hydroxylation is 2. The van der Waals surface area contributed by atoms with E-state index in [0.717, 1.165) is 5.69 Å². The van der Waals surface area contributed by atoms with Gasteiger partial charge in [0.05, 0.1) is 24.4 Å². The molecule has 0 radical (unpaired) electrons. The number of rotatable bonds is 2. The first kappa shape index (κ1) is 13.7.